The summed E-state index contributed by atoms with van der Waals surface area (Å²) in [5, 5.41) is 14.6. The molecule has 0 aliphatic carbocycles. The molecule has 6 heteroatoms. The highest BCUT2D eigenvalue weighted by molar-refractivity contribution is 7.26. The molecule has 1 aliphatic rings. The molecule has 0 radical (unpaired) electrons. The second kappa shape index (κ2) is 12.8. The maximum absolute atomic E-state index is 6.88. The fraction of sp³-hybridized carbons (Fsp3) is 0.0392. The number of thiophene rings is 1. The Morgan fingerprint density at radius 1 is 0.544 bits per heavy atom. The van der Waals surface area contributed by atoms with E-state index < -0.39 is 0 Å². The van der Waals surface area contributed by atoms with Crippen LogP contribution in [0.25, 0.3) is 80.7 Å². The first-order chi connectivity index (χ1) is 28.3. The lowest BCUT2D eigenvalue weighted by molar-refractivity contribution is 0.409. The number of hydrogen-bond acceptors (Lipinski definition) is 5. The molecule has 0 bridgehead atoms. The van der Waals surface area contributed by atoms with E-state index in [2.05, 4.69) is 191 Å². The van der Waals surface area contributed by atoms with Crippen molar-refractivity contribution in [2.75, 3.05) is 0 Å². The smallest absolute Gasteiger partial charge is 0.143 e. The molecule has 8 aromatic carbocycles. The Morgan fingerprint density at radius 2 is 1.21 bits per heavy atom. The minimum absolute atomic E-state index is 0.0895. The molecule has 1 aliphatic heterocycles. The van der Waals surface area contributed by atoms with E-state index in [0.717, 1.165) is 50.2 Å². The van der Waals surface area contributed by atoms with E-state index in [1.165, 1.54) is 53.1 Å². The lowest BCUT2D eigenvalue weighted by Crippen LogP contribution is -2.44. The zero-order valence-corrected chi connectivity index (χ0v) is 31.5. The molecule has 12 rings (SSSR count). The van der Waals surface area contributed by atoms with E-state index in [-0.39, 0.29) is 12.3 Å². The first-order valence-electron chi connectivity index (χ1n) is 19.4. The minimum Gasteiger partial charge on any atom is -0.455 e. The minimum atomic E-state index is -0.228. The number of nitrogens with one attached hydrogen (secondary N) is 2. The van der Waals surface area contributed by atoms with Gasteiger partial charge in [-0.05, 0) is 41.5 Å². The highest BCUT2D eigenvalue weighted by atomic mass is 32.1. The van der Waals surface area contributed by atoms with Gasteiger partial charge in [-0.3, -0.25) is 5.32 Å². The molecule has 2 atom stereocenters. The van der Waals surface area contributed by atoms with Gasteiger partial charge in [0.1, 0.15) is 29.3 Å². The van der Waals surface area contributed by atoms with Gasteiger partial charge in [0.2, 0.25) is 0 Å². The second-order valence-corrected chi connectivity index (χ2v) is 15.8. The lowest BCUT2D eigenvalue weighted by atomic mass is 9.99. The third-order valence-electron chi connectivity index (χ3n) is 11.5. The molecule has 5 nitrogen and oxygen atoms in total. The molecule has 57 heavy (non-hydrogen) atoms. The van der Waals surface area contributed by atoms with Gasteiger partial charge < -0.3 is 14.3 Å². The highest BCUT2D eigenvalue weighted by Crippen LogP contribution is 2.45. The maximum Gasteiger partial charge on any atom is 0.143 e. The SMILES string of the molecule is c1ccc(C2=NC(c3ccc4c(c3)sc3c(-c5cccc6c5oc5cccc(-n7c8ccccc8c8ccccc87)c56)cccc34)NC(c3ccccc3)N2)cc1. The summed E-state index contributed by atoms with van der Waals surface area (Å²) in [6.07, 6.45) is -0.317. The average molecular weight is 751 g/mol. The van der Waals surface area contributed by atoms with Crippen LogP contribution >= 0.6 is 11.3 Å². The molecule has 2 unspecified atom stereocenters. The van der Waals surface area contributed by atoms with Gasteiger partial charge in [-0.25, -0.2) is 4.99 Å². The number of aliphatic imine (C=N–C) groups is 1. The number of hydrogen-bond donors (Lipinski definition) is 2. The van der Waals surface area contributed by atoms with Crippen LogP contribution in [0.5, 0.6) is 0 Å². The number of para-hydroxylation sites is 3. The summed E-state index contributed by atoms with van der Waals surface area (Å²) in [7, 11) is 0. The van der Waals surface area contributed by atoms with E-state index in [1.54, 1.807) is 0 Å². The van der Waals surface area contributed by atoms with Gasteiger partial charge in [-0.1, -0.05) is 152 Å². The maximum atomic E-state index is 6.88. The number of amidine groups is 1. The molecule has 4 heterocycles. The van der Waals surface area contributed by atoms with E-state index >= 15 is 0 Å². The Balaban J connectivity index is 0.999. The van der Waals surface area contributed by atoms with Crippen molar-refractivity contribution in [1.82, 2.24) is 15.2 Å². The van der Waals surface area contributed by atoms with Gasteiger partial charge in [0, 0.05) is 53.0 Å². The van der Waals surface area contributed by atoms with Crippen molar-refractivity contribution in [2.24, 2.45) is 4.99 Å². The molecule has 0 saturated heterocycles. The van der Waals surface area contributed by atoms with Crippen LogP contribution in [0.1, 0.15) is 29.0 Å². The summed E-state index contributed by atoms with van der Waals surface area (Å²) in [6.45, 7) is 0. The summed E-state index contributed by atoms with van der Waals surface area (Å²) in [5.41, 5.74) is 10.9. The quantitative estimate of drug-likeness (QED) is 0.184. The number of fused-ring (bicyclic) bond motifs is 9. The van der Waals surface area contributed by atoms with Crippen molar-refractivity contribution in [2.45, 2.75) is 12.3 Å². The van der Waals surface area contributed by atoms with Crippen molar-refractivity contribution < 1.29 is 4.42 Å². The molecule has 0 amide bonds. The Kier molecular flexibility index (Phi) is 7.24. The molecule has 3 aromatic heterocycles. The standard InChI is InChI=1S/C51H34N4OS/c1-3-14-31(15-4-1)49-52-50(32-16-5-2-6-17-32)54-51(53-49)33-28-29-36-38-21-12-22-39(48(38)57-45(36)30-33)37-20-11-23-40-46-43(26-13-27-44(46)56-47(37)40)55-41-24-9-7-18-34(41)35-19-8-10-25-42(35)55/h1-30,49,51,53H,(H,52,54). The molecule has 270 valence electrons. The normalized spacial score (nSPS) is 15.9. The van der Waals surface area contributed by atoms with Crippen LogP contribution in [0.2, 0.25) is 0 Å². The largest absolute Gasteiger partial charge is 0.455 e. The second-order valence-electron chi connectivity index (χ2n) is 14.7. The Hall–Kier alpha value is -6.99. The first-order valence-corrected chi connectivity index (χ1v) is 20.2. The van der Waals surface area contributed by atoms with Crippen molar-refractivity contribution in [1.29, 1.82) is 0 Å². The van der Waals surface area contributed by atoms with Crippen LogP contribution in [-0.2, 0) is 0 Å². The molecule has 11 aromatic rings. The van der Waals surface area contributed by atoms with E-state index in [0.29, 0.717) is 0 Å². The van der Waals surface area contributed by atoms with Gasteiger partial charge in [0.05, 0.1) is 22.1 Å². The van der Waals surface area contributed by atoms with Crippen molar-refractivity contribution in [3.8, 4) is 16.8 Å². The van der Waals surface area contributed by atoms with Gasteiger partial charge in [0.25, 0.3) is 0 Å². The van der Waals surface area contributed by atoms with Crippen LogP contribution in [0, 0.1) is 0 Å². The molecule has 0 saturated carbocycles. The summed E-state index contributed by atoms with van der Waals surface area (Å²) in [5.74, 6) is 0.882. The van der Waals surface area contributed by atoms with Crippen LogP contribution < -0.4 is 10.6 Å². The molecule has 0 spiro atoms. The third kappa shape index (κ3) is 5.08. The fourth-order valence-corrected chi connectivity index (χ4v) is 10.2. The molecule has 0 fully saturated rings. The average Bonchev–Trinajstić information content (AvgIpc) is 3.96. The van der Waals surface area contributed by atoms with Gasteiger partial charge in [-0.2, -0.15) is 0 Å². The number of aromatic nitrogens is 1. The van der Waals surface area contributed by atoms with Crippen LogP contribution in [-0.4, -0.2) is 10.4 Å². The predicted molar refractivity (Wildman–Crippen MR) is 238 cm³/mol. The summed E-state index contributed by atoms with van der Waals surface area (Å²) in [6, 6.07) is 64.8. The predicted octanol–water partition coefficient (Wildman–Crippen LogP) is 13.1. The van der Waals surface area contributed by atoms with Crippen LogP contribution in [0.3, 0.4) is 0 Å². The zero-order chi connectivity index (χ0) is 37.5. The van der Waals surface area contributed by atoms with Crippen molar-refractivity contribution >= 4 is 81.1 Å². The van der Waals surface area contributed by atoms with Crippen LogP contribution in [0.4, 0.5) is 0 Å². The Morgan fingerprint density at radius 3 is 2.00 bits per heavy atom. The molecular weight excluding hydrogens is 717 g/mol. The van der Waals surface area contributed by atoms with Crippen LogP contribution in [0.15, 0.2) is 191 Å². The Bertz CT molecular complexity index is 3320. The molecule has 2 N–H and O–H groups in total. The highest BCUT2D eigenvalue weighted by Gasteiger charge is 2.26. The fourth-order valence-electron chi connectivity index (χ4n) is 8.90. The monoisotopic (exact) mass is 750 g/mol. The topological polar surface area (TPSA) is 54.5 Å². The number of nitrogens with zero attached hydrogens (tertiary/aromatic N) is 2. The lowest BCUT2D eigenvalue weighted by Gasteiger charge is -2.32. The first kappa shape index (κ1) is 32.3. The van der Waals surface area contributed by atoms with Gasteiger partial charge >= 0.3 is 0 Å². The number of rotatable bonds is 5. The van der Waals surface area contributed by atoms with E-state index in [4.69, 9.17) is 9.41 Å². The van der Waals surface area contributed by atoms with Gasteiger partial charge in [-0.15, -0.1) is 11.3 Å². The van der Waals surface area contributed by atoms with Crippen molar-refractivity contribution in [3.63, 3.8) is 0 Å². The summed E-state index contributed by atoms with van der Waals surface area (Å²) in [4.78, 5) is 5.22. The van der Waals surface area contributed by atoms with E-state index in [1.807, 2.05) is 17.4 Å². The van der Waals surface area contributed by atoms with Crippen molar-refractivity contribution in [3.05, 3.63) is 199 Å². The molecular formula is C51H34N4OS. The number of furan rings is 1. The number of benzene rings is 8. The van der Waals surface area contributed by atoms with Gasteiger partial charge in [0.15, 0.2) is 0 Å². The summed E-state index contributed by atoms with van der Waals surface area (Å²) < 4.78 is 11.7. The van der Waals surface area contributed by atoms with E-state index in [9.17, 15) is 0 Å². The third-order valence-corrected chi connectivity index (χ3v) is 12.7. The summed E-state index contributed by atoms with van der Waals surface area (Å²) >= 11 is 1.84. The zero-order valence-electron chi connectivity index (χ0n) is 30.7. The Labute approximate surface area is 332 Å².